The second-order valence-corrected chi connectivity index (χ2v) is 11.2. The molecule has 0 bridgehead atoms. The number of rotatable bonds is 10. The third kappa shape index (κ3) is 6.13. The maximum absolute atomic E-state index is 13.7. The number of anilines is 1. The summed E-state index contributed by atoms with van der Waals surface area (Å²) >= 11 is 0. The van der Waals surface area contributed by atoms with Gasteiger partial charge >= 0.3 is 13.7 Å². The van der Waals surface area contributed by atoms with Gasteiger partial charge in [-0.15, -0.1) is 0 Å². The first-order valence-electron chi connectivity index (χ1n) is 12.1. The summed E-state index contributed by atoms with van der Waals surface area (Å²) in [6, 6.07) is 7.04. The number of aliphatic hydroxyl groups excluding tert-OH is 1. The van der Waals surface area contributed by atoms with Gasteiger partial charge in [0.1, 0.15) is 29.6 Å². The van der Waals surface area contributed by atoms with Crippen molar-refractivity contribution in [2.75, 3.05) is 12.3 Å². The van der Waals surface area contributed by atoms with E-state index in [2.05, 4.69) is 20.0 Å². The van der Waals surface area contributed by atoms with Gasteiger partial charge in [-0.25, -0.2) is 9.55 Å². The van der Waals surface area contributed by atoms with Gasteiger partial charge in [-0.05, 0) is 39.8 Å². The highest BCUT2D eigenvalue weighted by Gasteiger charge is 2.54. The van der Waals surface area contributed by atoms with Crippen molar-refractivity contribution in [1.29, 1.82) is 0 Å². The largest absolute Gasteiger partial charge is 0.462 e. The molecule has 6 N–H and O–H groups in total. The number of aromatic amines is 1. The van der Waals surface area contributed by atoms with Crippen molar-refractivity contribution >= 4 is 30.8 Å². The highest BCUT2D eigenvalue weighted by molar-refractivity contribution is 7.52. The summed E-state index contributed by atoms with van der Waals surface area (Å²) in [7, 11) is -4.26. The zero-order valence-electron chi connectivity index (χ0n) is 21.7. The first-order valence-corrected chi connectivity index (χ1v) is 13.6. The van der Waals surface area contributed by atoms with Gasteiger partial charge in [-0.2, -0.15) is 10.1 Å². The maximum Gasteiger partial charge on any atom is 0.459 e. The Morgan fingerprint density at radius 1 is 1.33 bits per heavy atom. The second kappa shape index (κ2) is 11.0. The molecular weight excluding hydrogens is 535 g/mol. The van der Waals surface area contributed by atoms with E-state index in [0.29, 0.717) is 0 Å². The number of para-hydroxylation sites is 1. The Labute approximate surface area is 222 Å². The molecule has 16 heteroatoms. The van der Waals surface area contributed by atoms with E-state index in [1.165, 1.54) is 24.7 Å². The average Bonchev–Trinajstić information content (AvgIpc) is 3.36. The summed E-state index contributed by atoms with van der Waals surface area (Å²) in [6.45, 7) is 5.56. The van der Waals surface area contributed by atoms with Gasteiger partial charge in [0.25, 0.3) is 5.56 Å². The lowest BCUT2D eigenvalue weighted by Crippen LogP contribution is -2.44. The Morgan fingerprint density at radius 2 is 2.03 bits per heavy atom. The number of hydrogen-bond donors (Lipinski definition) is 5. The van der Waals surface area contributed by atoms with Crippen LogP contribution < -0.4 is 20.9 Å². The van der Waals surface area contributed by atoms with Crippen molar-refractivity contribution < 1.29 is 38.1 Å². The smallest absolute Gasteiger partial charge is 0.459 e. The minimum Gasteiger partial charge on any atom is -0.462 e. The van der Waals surface area contributed by atoms with Crippen LogP contribution in [0, 0.1) is 0 Å². The lowest BCUT2D eigenvalue weighted by molar-refractivity contribution is -0.149. The first-order chi connectivity index (χ1) is 18.3. The zero-order valence-corrected chi connectivity index (χ0v) is 22.6. The molecule has 1 aliphatic heterocycles. The van der Waals surface area contributed by atoms with Gasteiger partial charge in [0.2, 0.25) is 5.95 Å². The molecule has 1 fully saturated rings. The molecule has 1 aromatic carbocycles. The number of carbonyl (C=O) groups is 1. The number of nitrogen functional groups attached to an aromatic ring is 1. The van der Waals surface area contributed by atoms with Gasteiger partial charge in [0.05, 0.1) is 19.0 Å². The minimum absolute atomic E-state index is 0.0209. The Morgan fingerprint density at radius 3 is 2.69 bits per heavy atom. The first kappa shape index (κ1) is 28.7. The number of carbonyl (C=O) groups excluding carboxylic acids is 1. The van der Waals surface area contributed by atoms with Gasteiger partial charge in [0.15, 0.2) is 17.4 Å². The highest BCUT2D eigenvalue weighted by Crippen LogP contribution is 2.47. The predicted octanol–water partition coefficient (Wildman–Crippen LogP) is 0.845. The molecule has 3 aromatic rings. The predicted molar refractivity (Wildman–Crippen MR) is 138 cm³/mol. The normalized spacial score (nSPS) is 25.5. The molecule has 212 valence electrons. The number of esters is 1. The van der Waals surface area contributed by atoms with Crippen molar-refractivity contribution in [3.05, 3.63) is 47.0 Å². The van der Waals surface area contributed by atoms with Crippen LogP contribution in [0.2, 0.25) is 0 Å². The number of benzene rings is 1. The molecule has 4 rings (SSSR count). The summed E-state index contributed by atoms with van der Waals surface area (Å²) in [5, 5.41) is 24.6. The van der Waals surface area contributed by atoms with Crippen LogP contribution >= 0.6 is 7.75 Å². The molecule has 39 heavy (non-hydrogen) atoms. The Hall–Kier alpha value is -3.33. The van der Waals surface area contributed by atoms with Crippen LogP contribution in [-0.4, -0.2) is 72.3 Å². The van der Waals surface area contributed by atoms with Crippen molar-refractivity contribution in [2.24, 2.45) is 0 Å². The summed E-state index contributed by atoms with van der Waals surface area (Å²) in [6.07, 6.45) is -3.24. The van der Waals surface area contributed by atoms with Crippen molar-refractivity contribution in [2.45, 2.75) is 63.9 Å². The van der Waals surface area contributed by atoms with E-state index in [0.717, 1.165) is 0 Å². The number of ether oxygens (including phenoxy) is 2. The van der Waals surface area contributed by atoms with Crippen LogP contribution in [0.1, 0.15) is 33.9 Å². The Kier molecular flexibility index (Phi) is 8.12. The summed E-state index contributed by atoms with van der Waals surface area (Å²) in [5.41, 5.74) is 3.11. The van der Waals surface area contributed by atoms with Gasteiger partial charge < -0.3 is 29.9 Å². The molecular formula is C23H31N6O9P. The molecule has 6 atom stereocenters. The number of aliphatic hydroxyl groups is 2. The quantitative estimate of drug-likeness (QED) is 0.170. The molecule has 3 heterocycles. The number of nitrogens with zero attached hydrogens (tertiary/aromatic N) is 3. The van der Waals surface area contributed by atoms with Gasteiger partial charge in [-0.1, -0.05) is 18.2 Å². The summed E-state index contributed by atoms with van der Waals surface area (Å²) in [5.74, 6) is -0.670. The van der Waals surface area contributed by atoms with E-state index in [1.807, 2.05) is 0 Å². The molecule has 0 aliphatic carbocycles. The number of H-pyrrole nitrogens is 1. The standard InChI is InChI=1S/C23H31N6O9P/c1-12(2)36-20(32)13(3)28-39(34,38-14-8-6-5-7-9-14)35-10-15-17(30)23(4,33)21(37-15)29-11-25-16-18(29)26-22(24)27-19(16)31/h5-9,11-13,15,17,21,30,33H,10H2,1-4H3,(H,28,34)(H3,24,26,27,31)/t13?,15-,17-,21-,23-,39?/m1/s1. The van der Waals surface area contributed by atoms with E-state index in [9.17, 15) is 24.4 Å². The van der Waals surface area contributed by atoms with Crippen LogP contribution in [0.4, 0.5) is 5.95 Å². The van der Waals surface area contributed by atoms with Crippen LogP contribution in [-0.2, 0) is 23.4 Å². The number of nitrogens with two attached hydrogens (primary N) is 1. The fraction of sp³-hybridized carbons (Fsp3) is 0.478. The van der Waals surface area contributed by atoms with E-state index >= 15 is 0 Å². The molecule has 0 amide bonds. The third-order valence-electron chi connectivity index (χ3n) is 5.89. The van der Waals surface area contributed by atoms with E-state index in [-0.39, 0.29) is 22.9 Å². The van der Waals surface area contributed by atoms with Gasteiger partial charge in [-0.3, -0.25) is 23.7 Å². The minimum atomic E-state index is -4.26. The molecule has 2 aromatic heterocycles. The second-order valence-electron chi connectivity index (χ2n) is 9.51. The van der Waals surface area contributed by atoms with Crippen LogP contribution in [0.15, 0.2) is 41.5 Å². The molecule has 0 spiro atoms. The fourth-order valence-corrected chi connectivity index (χ4v) is 5.50. The summed E-state index contributed by atoms with van der Waals surface area (Å²) in [4.78, 5) is 34.9. The third-order valence-corrected chi connectivity index (χ3v) is 7.54. The van der Waals surface area contributed by atoms with Gasteiger partial charge in [0, 0.05) is 0 Å². The number of fused-ring (bicyclic) bond motifs is 1. The van der Waals surface area contributed by atoms with Crippen molar-refractivity contribution in [3.8, 4) is 5.75 Å². The number of hydrogen-bond acceptors (Lipinski definition) is 12. The lowest BCUT2D eigenvalue weighted by atomic mass is 9.96. The summed E-state index contributed by atoms with van der Waals surface area (Å²) < 4.78 is 37.2. The number of aromatic nitrogens is 4. The van der Waals surface area contributed by atoms with E-state index in [4.69, 9.17) is 24.3 Å². The molecule has 15 nitrogen and oxygen atoms in total. The van der Waals surface area contributed by atoms with Crippen molar-refractivity contribution in [1.82, 2.24) is 24.6 Å². The number of imidazole rings is 1. The average molecular weight is 567 g/mol. The molecule has 0 saturated carbocycles. The van der Waals surface area contributed by atoms with Crippen LogP contribution in [0.25, 0.3) is 11.2 Å². The molecule has 1 aliphatic rings. The lowest BCUT2D eigenvalue weighted by Gasteiger charge is -2.27. The monoisotopic (exact) mass is 566 g/mol. The fourth-order valence-electron chi connectivity index (χ4n) is 4.00. The molecule has 2 unspecified atom stereocenters. The van der Waals surface area contributed by atoms with Crippen LogP contribution in [0.5, 0.6) is 5.75 Å². The van der Waals surface area contributed by atoms with Crippen LogP contribution in [0.3, 0.4) is 0 Å². The zero-order chi connectivity index (χ0) is 28.5. The van der Waals surface area contributed by atoms with E-state index < -0.39 is 62.1 Å². The molecule has 1 saturated heterocycles. The molecule has 0 radical (unpaired) electrons. The topological polar surface area (TPSA) is 213 Å². The SMILES string of the molecule is CC(C)OC(=O)C(C)NP(=O)(OC[C@H]1O[C@@H](n2cnc3c(=O)[nH]c(N)nc32)[C@](C)(O)[C@@H]1O)Oc1ccccc1. The maximum atomic E-state index is 13.7. The number of nitrogens with one attached hydrogen (secondary N) is 2. The van der Waals surface area contributed by atoms with Crippen molar-refractivity contribution in [3.63, 3.8) is 0 Å². The Bertz CT molecular complexity index is 1430. The Balaban J connectivity index is 1.56. The van der Waals surface area contributed by atoms with E-state index in [1.54, 1.807) is 44.2 Å². The highest BCUT2D eigenvalue weighted by atomic mass is 31.2.